The third-order valence-corrected chi connectivity index (χ3v) is 15.2. The maximum Gasteiger partial charge on any atom is 0.220 e. The maximum atomic E-state index is 13.3. The Bertz CT molecular complexity index is 1540. The molecule has 0 aromatic rings. The molecule has 9 N–H and O–H groups in total. The van der Waals surface area contributed by atoms with Gasteiger partial charge in [-0.15, -0.1) is 0 Å². The molecule has 2 rings (SSSR count). The lowest BCUT2D eigenvalue weighted by molar-refractivity contribution is -0.359. The van der Waals surface area contributed by atoms with Crippen molar-refractivity contribution in [3.05, 3.63) is 60.8 Å². The van der Waals surface area contributed by atoms with Gasteiger partial charge in [0.1, 0.15) is 48.8 Å². The second-order valence-corrected chi connectivity index (χ2v) is 22.2. The molecule has 0 spiro atoms. The molecule has 2 aliphatic heterocycles. The minimum absolute atomic E-state index is 0.256. The van der Waals surface area contributed by atoms with Crippen LogP contribution in [0.25, 0.3) is 0 Å². The van der Waals surface area contributed by atoms with Crippen molar-refractivity contribution in [2.24, 2.45) is 0 Å². The van der Waals surface area contributed by atoms with Crippen LogP contribution in [0, 0.1) is 0 Å². The van der Waals surface area contributed by atoms with Gasteiger partial charge in [-0.1, -0.05) is 229 Å². The largest absolute Gasteiger partial charge is 0.394 e. The van der Waals surface area contributed by atoms with Crippen LogP contribution in [0.15, 0.2) is 60.8 Å². The van der Waals surface area contributed by atoms with Crippen LogP contribution in [-0.4, -0.2) is 140 Å². The van der Waals surface area contributed by atoms with Gasteiger partial charge in [-0.25, -0.2) is 0 Å². The number of carbonyl (C=O) groups excluding carboxylic acids is 1. The number of amides is 1. The molecular weight excluding hydrogens is 991 g/mol. The predicted molar refractivity (Wildman–Crippen MR) is 314 cm³/mol. The van der Waals surface area contributed by atoms with Gasteiger partial charge in [-0.2, -0.15) is 0 Å². The number of ether oxygens (including phenoxy) is 4. The van der Waals surface area contributed by atoms with E-state index in [1.165, 1.54) is 161 Å². The summed E-state index contributed by atoms with van der Waals surface area (Å²) in [7, 11) is 0. The summed E-state index contributed by atoms with van der Waals surface area (Å²) in [6, 6.07) is -0.939. The highest BCUT2D eigenvalue weighted by atomic mass is 16.7. The van der Waals surface area contributed by atoms with Crippen LogP contribution in [0.2, 0.25) is 0 Å². The first kappa shape index (κ1) is 71.8. The second kappa shape index (κ2) is 49.3. The molecule has 2 saturated heterocycles. The van der Waals surface area contributed by atoms with E-state index in [0.29, 0.717) is 12.8 Å². The highest BCUT2D eigenvalue weighted by Crippen LogP contribution is 2.30. The van der Waals surface area contributed by atoms with Gasteiger partial charge in [-0.3, -0.25) is 4.79 Å². The van der Waals surface area contributed by atoms with Gasteiger partial charge in [0.25, 0.3) is 0 Å². The quantitative estimate of drug-likeness (QED) is 0.0204. The summed E-state index contributed by atoms with van der Waals surface area (Å²) in [5.41, 5.74) is 0. The second-order valence-electron chi connectivity index (χ2n) is 22.2. The zero-order valence-electron chi connectivity index (χ0n) is 48.9. The number of hydrogen-bond acceptors (Lipinski definition) is 13. The third-order valence-electron chi connectivity index (χ3n) is 15.2. The van der Waals surface area contributed by atoms with Crippen LogP contribution in [0.3, 0.4) is 0 Å². The number of aliphatic hydroxyl groups is 8. The monoisotopic (exact) mass is 1110 g/mol. The molecule has 14 nitrogen and oxygen atoms in total. The van der Waals surface area contributed by atoms with Gasteiger partial charge in [0, 0.05) is 6.42 Å². The number of hydrogen-bond donors (Lipinski definition) is 9. The Morgan fingerprint density at radius 2 is 0.859 bits per heavy atom. The van der Waals surface area contributed by atoms with Crippen LogP contribution in [0.1, 0.15) is 245 Å². The zero-order valence-corrected chi connectivity index (χ0v) is 48.9. The SMILES string of the molecule is CCCCCCC/C=C\C/C=C\C/C=C\CCCCCCCCCCC(=O)NC(COC1OC(CO)C(OC2OC(CO)C(O)C(O)C2O)C(O)C1O)C(O)/C=C/CC/C=C/CCCCCCCCCCCCCCCCC. The topological polar surface area (TPSA) is 228 Å². The molecule has 0 bridgehead atoms. The van der Waals surface area contributed by atoms with Gasteiger partial charge >= 0.3 is 0 Å². The number of nitrogens with one attached hydrogen (secondary N) is 1. The Morgan fingerprint density at radius 1 is 0.462 bits per heavy atom. The summed E-state index contributed by atoms with van der Waals surface area (Å²) in [6.07, 6.45) is 46.8. The molecule has 0 aromatic heterocycles. The van der Waals surface area contributed by atoms with Crippen molar-refractivity contribution < 1.29 is 64.6 Å². The summed E-state index contributed by atoms with van der Waals surface area (Å²) < 4.78 is 22.8. The molecule has 2 fully saturated rings. The van der Waals surface area contributed by atoms with E-state index in [2.05, 4.69) is 67.8 Å². The molecule has 78 heavy (non-hydrogen) atoms. The zero-order chi connectivity index (χ0) is 56.7. The summed E-state index contributed by atoms with van der Waals surface area (Å²) in [6.45, 7) is 2.78. The highest BCUT2D eigenvalue weighted by Gasteiger charge is 2.51. The van der Waals surface area contributed by atoms with E-state index < -0.39 is 86.8 Å². The fourth-order valence-electron chi connectivity index (χ4n) is 10.1. The average Bonchev–Trinajstić information content (AvgIpc) is 3.48. The Kier molecular flexibility index (Phi) is 45.4. The summed E-state index contributed by atoms with van der Waals surface area (Å²) in [5.74, 6) is -0.256. The Labute approximate surface area is 473 Å². The van der Waals surface area contributed by atoms with Crippen molar-refractivity contribution in [2.45, 2.75) is 319 Å². The minimum atomic E-state index is -1.79. The van der Waals surface area contributed by atoms with Crippen LogP contribution in [0.5, 0.6) is 0 Å². The predicted octanol–water partition coefficient (Wildman–Crippen LogP) is 11.3. The van der Waals surface area contributed by atoms with Gasteiger partial charge in [0.15, 0.2) is 12.6 Å². The van der Waals surface area contributed by atoms with Gasteiger partial charge < -0.3 is 65.1 Å². The molecule has 2 heterocycles. The normalized spacial score (nSPS) is 24.9. The van der Waals surface area contributed by atoms with Crippen molar-refractivity contribution in [2.75, 3.05) is 19.8 Å². The number of rotatable bonds is 50. The molecule has 12 unspecified atom stereocenters. The minimum Gasteiger partial charge on any atom is -0.394 e. The average molecular weight is 1110 g/mol. The van der Waals surface area contributed by atoms with E-state index in [9.17, 15) is 45.6 Å². The van der Waals surface area contributed by atoms with Crippen molar-refractivity contribution >= 4 is 5.91 Å². The molecule has 1 amide bonds. The van der Waals surface area contributed by atoms with E-state index >= 15 is 0 Å². The molecular formula is C64H115NO13. The standard InChI is InChI=1S/C64H115NO13/c1-3-5-7-9-11-13-15-17-19-21-23-25-26-28-30-32-34-36-38-40-42-44-46-48-56(69)65-52(53(68)47-45-43-41-39-37-35-33-31-29-27-24-22-20-18-16-14-12-10-8-6-4-2)51-75-63-61(74)59(72)62(55(50-67)77-63)78-64-60(73)58(71)57(70)54(49-66)76-64/h15,17,21,23,26,28,37,39,45,47,52-55,57-64,66-68,70-74H,3-14,16,18-20,22,24-25,27,29-36,38,40-44,46,48-51H2,1-2H3,(H,65,69)/b17-15-,23-21-,28-26-,39-37+,47-45+. The van der Waals surface area contributed by atoms with Crippen LogP contribution in [0.4, 0.5) is 0 Å². The molecule has 0 aromatic carbocycles. The van der Waals surface area contributed by atoms with Crippen LogP contribution in [-0.2, 0) is 23.7 Å². The fraction of sp³-hybridized carbons (Fsp3) is 0.828. The van der Waals surface area contributed by atoms with E-state index in [4.69, 9.17) is 18.9 Å². The molecule has 12 atom stereocenters. The van der Waals surface area contributed by atoms with Crippen molar-refractivity contribution in [3.63, 3.8) is 0 Å². The van der Waals surface area contributed by atoms with Crippen molar-refractivity contribution in [1.82, 2.24) is 5.32 Å². The summed E-state index contributed by atoms with van der Waals surface area (Å²) >= 11 is 0. The van der Waals surface area contributed by atoms with Crippen LogP contribution < -0.4 is 5.32 Å². The summed E-state index contributed by atoms with van der Waals surface area (Å²) in [5, 5.41) is 87.2. The van der Waals surface area contributed by atoms with Gasteiger partial charge in [0.2, 0.25) is 5.91 Å². The first-order valence-corrected chi connectivity index (χ1v) is 31.5. The molecule has 0 aliphatic carbocycles. The van der Waals surface area contributed by atoms with E-state index in [-0.39, 0.29) is 18.9 Å². The lowest BCUT2D eigenvalue weighted by Gasteiger charge is -2.46. The smallest absolute Gasteiger partial charge is 0.220 e. The Hall–Kier alpha value is -2.31. The van der Waals surface area contributed by atoms with Crippen molar-refractivity contribution in [1.29, 1.82) is 0 Å². The van der Waals surface area contributed by atoms with E-state index in [1.54, 1.807) is 6.08 Å². The van der Waals surface area contributed by atoms with E-state index in [0.717, 1.165) is 51.4 Å². The molecule has 0 radical (unpaired) electrons. The summed E-state index contributed by atoms with van der Waals surface area (Å²) in [4.78, 5) is 13.3. The highest BCUT2D eigenvalue weighted by molar-refractivity contribution is 5.76. The number of aliphatic hydroxyl groups excluding tert-OH is 8. The number of allylic oxidation sites excluding steroid dienone is 9. The van der Waals surface area contributed by atoms with Crippen LogP contribution >= 0.6 is 0 Å². The third kappa shape index (κ3) is 34.2. The van der Waals surface area contributed by atoms with Gasteiger partial charge in [0.05, 0.1) is 32.0 Å². The Morgan fingerprint density at radius 3 is 1.35 bits per heavy atom. The molecule has 2 aliphatic rings. The molecule has 454 valence electrons. The van der Waals surface area contributed by atoms with Gasteiger partial charge in [-0.05, 0) is 70.6 Å². The number of unbranched alkanes of at least 4 members (excludes halogenated alkanes) is 29. The molecule has 0 saturated carbocycles. The fourth-order valence-corrected chi connectivity index (χ4v) is 10.1. The first-order chi connectivity index (χ1) is 38.1. The first-order valence-electron chi connectivity index (χ1n) is 31.5. The number of carbonyl (C=O) groups is 1. The Balaban J connectivity index is 1.77. The van der Waals surface area contributed by atoms with E-state index in [1.807, 2.05) is 6.08 Å². The van der Waals surface area contributed by atoms with Crippen molar-refractivity contribution in [3.8, 4) is 0 Å². The lowest BCUT2D eigenvalue weighted by atomic mass is 9.97. The lowest BCUT2D eigenvalue weighted by Crippen LogP contribution is -2.65. The maximum absolute atomic E-state index is 13.3. The molecule has 14 heteroatoms.